The van der Waals surface area contributed by atoms with Gasteiger partial charge in [0.2, 0.25) is 5.88 Å². The zero-order chi connectivity index (χ0) is 23.8. The van der Waals surface area contributed by atoms with Crippen molar-refractivity contribution < 1.29 is 14.7 Å². The summed E-state index contributed by atoms with van der Waals surface area (Å²) in [6, 6.07) is 25.0. The average molecular weight is 463 g/mol. The molecule has 0 fully saturated rings. The SMILES string of the molecule is C/C(=N\OCc1nc2c3c(ncn2n1)Oc1cc(O)ccc1[C@@H]3c1ccccc1)c1ccccc1. The van der Waals surface area contributed by atoms with Gasteiger partial charge < -0.3 is 14.7 Å². The van der Waals surface area contributed by atoms with Crippen LogP contribution in [-0.4, -0.2) is 30.4 Å². The number of ether oxygens (including phenoxy) is 1. The normalized spacial score (nSPS) is 14.8. The van der Waals surface area contributed by atoms with Gasteiger partial charge in [-0.3, -0.25) is 0 Å². The molecule has 0 radical (unpaired) electrons. The third-order valence-corrected chi connectivity index (χ3v) is 5.95. The molecule has 1 atom stereocenters. The van der Waals surface area contributed by atoms with E-state index in [1.54, 1.807) is 23.0 Å². The van der Waals surface area contributed by atoms with Crippen molar-refractivity contribution in [2.45, 2.75) is 19.4 Å². The maximum Gasteiger partial charge on any atom is 0.228 e. The van der Waals surface area contributed by atoms with Crippen molar-refractivity contribution in [3.05, 3.63) is 113 Å². The Hall–Kier alpha value is -4.72. The summed E-state index contributed by atoms with van der Waals surface area (Å²) in [4.78, 5) is 14.8. The van der Waals surface area contributed by atoms with Crippen LogP contribution in [0.3, 0.4) is 0 Å². The second-order valence-corrected chi connectivity index (χ2v) is 8.24. The van der Waals surface area contributed by atoms with Crippen molar-refractivity contribution in [1.82, 2.24) is 19.6 Å². The lowest BCUT2D eigenvalue weighted by atomic mass is 9.84. The maximum absolute atomic E-state index is 10.0. The van der Waals surface area contributed by atoms with Crippen LogP contribution in [-0.2, 0) is 11.4 Å². The molecule has 3 aromatic carbocycles. The van der Waals surface area contributed by atoms with Crippen molar-refractivity contribution in [3.8, 4) is 17.4 Å². The van der Waals surface area contributed by atoms with Gasteiger partial charge in [0, 0.05) is 17.5 Å². The summed E-state index contributed by atoms with van der Waals surface area (Å²) in [5, 5.41) is 18.8. The number of aromatic nitrogens is 4. The largest absolute Gasteiger partial charge is 0.508 e. The van der Waals surface area contributed by atoms with Gasteiger partial charge >= 0.3 is 0 Å². The van der Waals surface area contributed by atoms with E-state index in [9.17, 15) is 5.11 Å². The highest BCUT2D eigenvalue weighted by Crippen LogP contribution is 2.48. The molecule has 0 unspecified atom stereocenters. The van der Waals surface area contributed by atoms with Gasteiger partial charge in [-0.05, 0) is 24.1 Å². The molecule has 2 aromatic heterocycles. The summed E-state index contributed by atoms with van der Waals surface area (Å²) in [7, 11) is 0. The molecule has 0 aliphatic carbocycles. The van der Waals surface area contributed by atoms with Gasteiger partial charge in [-0.1, -0.05) is 71.9 Å². The lowest BCUT2D eigenvalue weighted by Gasteiger charge is -2.27. The number of oxime groups is 1. The average Bonchev–Trinajstić information content (AvgIpc) is 3.31. The van der Waals surface area contributed by atoms with E-state index in [4.69, 9.17) is 14.6 Å². The van der Waals surface area contributed by atoms with E-state index in [0.29, 0.717) is 23.1 Å². The van der Waals surface area contributed by atoms with Crippen molar-refractivity contribution in [2.75, 3.05) is 0 Å². The molecule has 5 aromatic rings. The number of nitrogens with zero attached hydrogens (tertiary/aromatic N) is 5. The molecular weight excluding hydrogens is 442 g/mol. The minimum atomic E-state index is -0.192. The topological polar surface area (TPSA) is 94.1 Å². The Labute approximate surface area is 201 Å². The molecule has 8 heteroatoms. The van der Waals surface area contributed by atoms with Crippen LogP contribution in [0.25, 0.3) is 5.65 Å². The van der Waals surface area contributed by atoms with Crippen LogP contribution in [0.15, 0.2) is 90.3 Å². The molecule has 172 valence electrons. The molecule has 8 nitrogen and oxygen atoms in total. The Bertz CT molecular complexity index is 1550. The van der Waals surface area contributed by atoms with E-state index >= 15 is 0 Å². The highest BCUT2D eigenvalue weighted by molar-refractivity contribution is 5.98. The first-order valence-electron chi connectivity index (χ1n) is 11.2. The standard InChI is InChI=1S/C27H21N5O3/c1-17(18-8-4-2-5-9-18)31-34-15-23-29-26-25-24(19-10-6-3-7-11-19)21-13-12-20(33)14-22(21)35-27(25)28-16-32(26)30-23/h2-14,16,24,33H,15H2,1H3/b31-17+/t24-/m0/s1. The summed E-state index contributed by atoms with van der Waals surface area (Å²) in [6.45, 7) is 2.01. The smallest absolute Gasteiger partial charge is 0.228 e. The van der Waals surface area contributed by atoms with E-state index in [2.05, 4.69) is 27.4 Å². The van der Waals surface area contributed by atoms with Gasteiger partial charge in [0.05, 0.1) is 11.3 Å². The zero-order valence-electron chi connectivity index (χ0n) is 18.9. The molecule has 0 saturated carbocycles. The number of hydrogen-bond acceptors (Lipinski definition) is 7. The van der Waals surface area contributed by atoms with E-state index in [0.717, 1.165) is 28.0 Å². The predicted octanol–water partition coefficient (Wildman–Crippen LogP) is 5.06. The zero-order valence-corrected chi connectivity index (χ0v) is 18.9. The number of rotatable bonds is 5. The lowest BCUT2D eigenvalue weighted by Crippen LogP contribution is -2.14. The summed E-state index contributed by atoms with van der Waals surface area (Å²) < 4.78 is 7.72. The monoisotopic (exact) mass is 463 g/mol. The van der Waals surface area contributed by atoms with Crippen LogP contribution in [0, 0.1) is 0 Å². The Balaban J connectivity index is 1.38. The van der Waals surface area contributed by atoms with Crippen molar-refractivity contribution >= 4 is 11.4 Å². The summed E-state index contributed by atoms with van der Waals surface area (Å²) in [5.41, 5.74) is 5.17. The molecule has 0 bridgehead atoms. The van der Waals surface area contributed by atoms with Crippen LogP contribution in [0.1, 0.15) is 40.9 Å². The highest BCUT2D eigenvalue weighted by atomic mass is 16.6. The van der Waals surface area contributed by atoms with Crippen molar-refractivity contribution in [1.29, 1.82) is 0 Å². The quantitative estimate of drug-likeness (QED) is 0.284. The molecule has 0 amide bonds. The molecule has 35 heavy (non-hydrogen) atoms. The first-order valence-corrected chi connectivity index (χ1v) is 11.2. The van der Waals surface area contributed by atoms with Gasteiger partial charge in [0.1, 0.15) is 17.8 Å². The maximum atomic E-state index is 10.0. The second-order valence-electron chi connectivity index (χ2n) is 8.24. The fraction of sp³-hybridized carbons (Fsp3) is 0.111. The number of hydrogen-bond donors (Lipinski definition) is 1. The van der Waals surface area contributed by atoms with Gasteiger partial charge in [-0.2, -0.15) is 0 Å². The Morgan fingerprint density at radius 2 is 1.83 bits per heavy atom. The molecule has 0 saturated heterocycles. The van der Waals surface area contributed by atoms with Gasteiger partial charge in [-0.25, -0.2) is 14.5 Å². The number of phenolic OH excluding ortho intramolecular Hbond substituents is 1. The number of phenols is 1. The Morgan fingerprint density at radius 3 is 2.63 bits per heavy atom. The van der Waals surface area contributed by atoms with Crippen molar-refractivity contribution in [2.24, 2.45) is 5.16 Å². The first kappa shape index (κ1) is 20.9. The summed E-state index contributed by atoms with van der Waals surface area (Å²) in [5.74, 6) is 1.42. The van der Waals surface area contributed by atoms with Crippen LogP contribution in [0.4, 0.5) is 0 Å². The Kier molecular flexibility index (Phi) is 5.11. The third kappa shape index (κ3) is 3.85. The number of benzene rings is 3. The number of fused-ring (bicyclic) bond motifs is 4. The van der Waals surface area contributed by atoms with Gasteiger partial charge in [0.15, 0.2) is 18.1 Å². The predicted molar refractivity (Wildman–Crippen MR) is 130 cm³/mol. The molecule has 1 N–H and O–H groups in total. The molecule has 1 aliphatic heterocycles. The minimum Gasteiger partial charge on any atom is -0.508 e. The third-order valence-electron chi connectivity index (χ3n) is 5.95. The second kappa shape index (κ2) is 8.57. The van der Waals surface area contributed by atoms with Crippen LogP contribution < -0.4 is 4.74 Å². The van der Waals surface area contributed by atoms with E-state index < -0.39 is 0 Å². The molecule has 1 aliphatic rings. The van der Waals surface area contributed by atoms with Gasteiger partial charge in [0.25, 0.3) is 0 Å². The fourth-order valence-corrected chi connectivity index (χ4v) is 4.32. The van der Waals surface area contributed by atoms with Crippen molar-refractivity contribution in [3.63, 3.8) is 0 Å². The molecular formula is C27H21N5O3. The molecule has 6 rings (SSSR count). The van der Waals surface area contributed by atoms with Gasteiger partial charge in [-0.15, -0.1) is 5.10 Å². The fourth-order valence-electron chi connectivity index (χ4n) is 4.32. The van der Waals surface area contributed by atoms with E-state index in [1.165, 1.54) is 0 Å². The first-order chi connectivity index (χ1) is 17.2. The highest BCUT2D eigenvalue weighted by Gasteiger charge is 2.33. The van der Waals surface area contributed by atoms with E-state index in [-0.39, 0.29) is 18.3 Å². The molecule has 3 heterocycles. The number of aromatic hydroxyl groups is 1. The summed E-state index contributed by atoms with van der Waals surface area (Å²) in [6.07, 6.45) is 1.57. The van der Waals surface area contributed by atoms with Crippen LogP contribution in [0.2, 0.25) is 0 Å². The lowest BCUT2D eigenvalue weighted by molar-refractivity contribution is 0.125. The Morgan fingerprint density at radius 1 is 1.06 bits per heavy atom. The van der Waals surface area contributed by atoms with Crippen LogP contribution >= 0.6 is 0 Å². The van der Waals surface area contributed by atoms with Crippen LogP contribution in [0.5, 0.6) is 17.4 Å². The summed E-state index contributed by atoms with van der Waals surface area (Å²) >= 11 is 0. The van der Waals surface area contributed by atoms with E-state index in [1.807, 2.05) is 61.5 Å². The minimum absolute atomic E-state index is 0.113. The molecule has 0 spiro atoms.